The monoisotopic (exact) mass is 494 g/mol. The molecule has 0 rings (SSSR count). The van der Waals surface area contributed by atoms with Crippen molar-refractivity contribution < 1.29 is 35.7 Å². The fourth-order valence-electron chi connectivity index (χ4n) is 3.15. The summed E-state index contributed by atoms with van der Waals surface area (Å²) in [6.45, 7) is 0.836. The molecule has 0 spiro atoms. The minimum atomic E-state index is -3.64. The van der Waals surface area contributed by atoms with E-state index in [9.17, 15) is 14.7 Å². The zero-order valence-corrected chi connectivity index (χ0v) is 21.1. The Labute approximate surface area is 180 Å². The van der Waals surface area contributed by atoms with E-state index < -0.39 is 16.8 Å². The third-order valence-corrected chi connectivity index (χ3v) is 10.2. The van der Waals surface area contributed by atoms with E-state index in [1.54, 1.807) is 0 Å². The molecular weight excluding hydrogens is 447 g/mol. The van der Waals surface area contributed by atoms with Gasteiger partial charge in [-0.1, -0.05) is 104 Å². The molecule has 26 heavy (non-hydrogen) atoms. The molecule has 0 saturated carbocycles. The van der Waals surface area contributed by atoms with Gasteiger partial charge in [0.1, 0.15) is 0 Å². The maximum atomic E-state index is 9.71. The van der Waals surface area contributed by atoms with Crippen LogP contribution in [0.2, 0.25) is 0 Å². The van der Waals surface area contributed by atoms with Gasteiger partial charge in [-0.25, -0.2) is 0 Å². The van der Waals surface area contributed by atoms with Gasteiger partial charge in [0.15, 0.2) is 0 Å². The molecule has 0 heterocycles. The van der Waals surface area contributed by atoms with Gasteiger partial charge in [-0.3, -0.25) is 0 Å². The average Bonchev–Trinajstić information content (AvgIpc) is 2.56. The first-order valence-electron chi connectivity index (χ1n) is 10.8. The van der Waals surface area contributed by atoms with Gasteiger partial charge in [0.05, 0.1) is 0 Å². The maximum absolute atomic E-state index is 9.71. The van der Waals surface area contributed by atoms with Gasteiger partial charge in [0, 0.05) is 21.1 Å². The summed E-state index contributed by atoms with van der Waals surface area (Å²) >= 11 is 0. The summed E-state index contributed by atoms with van der Waals surface area (Å²) in [6.07, 6.45) is 20.1. The molecule has 0 amide bonds. The minimum absolute atomic E-state index is 0. The Hall–Kier alpha value is 1.35. The van der Waals surface area contributed by atoms with Crippen LogP contribution in [0, 0.1) is 0 Å². The molecule has 0 aliphatic heterocycles. The molecule has 6 heteroatoms. The SMILES string of the molecule is CCCCCCCCCCS(CCCCCCCCCC)=P(O)(O)O.[Mo]. The number of hydrogen-bond acceptors (Lipinski definition) is 0. The smallest absolute Gasteiger partial charge is 0.277 e. The second-order valence-electron chi connectivity index (χ2n) is 7.33. The van der Waals surface area contributed by atoms with Crippen LogP contribution in [0.15, 0.2) is 0 Å². The molecule has 0 aromatic heterocycles. The Balaban J connectivity index is 0. The van der Waals surface area contributed by atoms with E-state index in [0.29, 0.717) is 0 Å². The van der Waals surface area contributed by atoms with E-state index in [0.717, 1.165) is 37.2 Å². The first-order chi connectivity index (χ1) is 12.0. The molecule has 0 aromatic carbocycles. The van der Waals surface area contributed by atoms with Crippen molar-refractivity contribution in [2.75, 3.05) is 11.5 Å². The molecular formula is C20H45MoO3PS. The Morgan fingerprint density at radius 1 is 0.500 bits per heavy atom. The third-order valence-electron chi connectivity index (χ3n) is 4.81. The van der Waals surface area contributed by atoms with Gasteiger partial charge >= 0.3 is 0 Å². The van der Waals surface area contributed by atoms with E-state index >= 15 is 0 Å². The van der Waals surface area contributed by atoms with Crippen LogP contribution >= 0.6 is 6.72 Å². The van der Waals surface area contributed by atoms with Crippen molar-refractivity contribution in [3.8, 4) is 0 Å². The summed E-state index contributed by atoms with van der Waals surface area (Å²) in [5, 5.41) is 0. The summed E-state index contributed by atoms with van der Waals surface area (Å²) in [7, 11) is -0.584. The molecule has 0 aliphatic rings. The van der Waals surface area contributed by atoms with Crippen molar-refractivity contribution in [2.24, 2.45) is 0 Å². The topological polar surface area (TPSA) is 60.7 Å². The largest absolute Gasteiger partial charge is 0.329 e. The van der Waals surface area contributed by atoms with Gasteiger partial charge in [-0.15, -0.1) is 10.1 Å². The van der Waals surface area contributed by atoms with Crippen molar-refractivity contribution in [3.63, 3.8) is 0 Å². The van der Waals surface area contributed by atoms with Crippen molar-refractivity contribution in [1.82, 2.24) is 0 Å². The molecule has 0 aromatic rings. The van der Waals surface area contributed by atoms with Gasteiger partial charge < -0.3 is 14.7 Å². The Morgan fingerprint density at radius 2 is 0.769 bits per heavy atom. The van der Waals surface area contributed by atoms with Crippen LogP contribution in [0.1, 0.15) is 117 Å². The quantitative estimate of drug-likeness (QED) is 0.116. The van der Waals surface area contributed by atoms with Crippen LogP contribution in [-0.4, -0.2) is 26.2 Å². The second-order valence-corrected chi connectivity index (χ2v) is 13.1. The molecule has 3 nitrogen and oxygen atoms in total. The summed E-state index contributed by atoms with van der Waals surface area (Å²) < 4.78 is 0. The molecule has 0 bridgehead atoms. The number of hydrogen-bond donors (Lipinski definition) is 3. The average molecular weight is 493 g/mol. The molecule has 0 saturated heterocycles. The van der Waals surface area contributed by atoms with Gasteiger partial charge in [0.25, 0.3) is 6.72 Å². The molecule has 0 unspecified atom stereocenters. The van der Waals surface area contributed by atoms with E-state index in [1.165, 1.54) is 77.0 Å². The van der Waals surface area contributed by atoms with Gasteiger partial charge in [0.2, 0.25) is 0 Å². The van der Waals surface area contributed by atoms with Crippen LogP contribution in [0.3, 0.4) is 0 Å². The van der Waals surface area contributed by atoms with Crippen molar-refractivity contribution in [1.29, 1.82) is 0 Å². The van der Waals surface area contributed by atoms with E-state index in [1.807, 2.05) is 0 Å². The molecule has 160 valence electrons. The summed E-state index contributed by atoms with van der Waals surface area (Å²) in [6, 6.07) is 0. The summed E-state index contributed by atoms with van der Waals surface area (Å²) in [5.74, 6) is 1.59. The van der Waals surface area contributed by atoms with Gasteiger partial charge in [-0.2, -0.15) is 0 Å². The first kappa shape index (κ1) is 29.5. The van der Waals surface area contributed by atoms with E-state index in [-0.39, 0.29) is 21.1 Å². The Bertz CT molecular complexity index is 318. The number of rotatable bonds is 18. The van der Waals surface area contributed by atoms with Crippen LogP contribution in [0.4, 0.5) is 0 Å². The first-order valence-corrected chi connectivity index (χ1v) is 14.6. The fourth-order valence-corrected chi connectivity index (χ4v) is 7.17. The summed E-state index contributed by atoms with van der Waals surface area (Å²) in [4.78, 5) is 29.1. The Morgan fingerprint density at radius 3 is 1.04 bits per heavy atom. The van der Waals surface area contributed by atoms with Crippen LogP contribution in [0.25, 0.3) is 0 Å². The predicted octanol–water partition coefficient (Wildman–Crippen LogP) is 6.54. The zero-order chi connectivity index (χ0) is 18.8. The maximum Gasteiger partial charge on any atom is 0.277 e. The van der Waals surface area contributed by atoms with E-state index in [2.05, 4.69) is 13.8 Å². The summed E-state index contributed by atoms with van der Waals surface area (Å²) in [5.41, 5.74) is 0. The molecule has 0 radical (unpaired) electrons. The molecule has 3 N–H and O–H groups in total. The Kier molecular flexibility index (Phi) is 23.9. The fraction of sp³-hybridized carbons (Fsp3) is 1.00. The van der Waals surface area contributed by atoms with Crippen LogP contribution < -0.4 is 0 Å². The predicted molar refractivity (Wildman–Crippen MR) is 116 cm³/mol. The molecule has 0 atom stereocenters. The van der Waals surface area contributed by atoms with Crippen LogP contribution in [0.5, 0.6) is 0 Å². The van der Waals surface area contributed by atoms with Crippen molar-refractivity contribution >= 4 is 16.8 Å². The van der Waals surface area contributed by atoms with Crippen molar-refractivity contribution in [2.45, 2.75) is 117 Å². The number of unbranched alkanes of at least 4 members (excludes halogenated alkanes) is 14. The van der Waals surface area contributed by atoms with Crippen molar-refractivity contribution in [3.05, 3.63) is 0 Å². The molecule has 0 fully saturated rings. The zero-order valence-electron chi connectivity index (χ0n) is 17.3. The minimum Gasteiger partial charge on any atom is -0.329 e. The van der Waals surface area contributed by atoms with Gasteiger partial charge in [-0.05, 0) is 24.3 Å². The second kappa shape index (κ2) is 21.1. The molecule has 0 aliphatic carbocycles. The standard InChI is InChI=1S/C20H45O3PS.Mo/c1-3-5-7-9-11-13-15-17-19-25(24(21,22)23)20-18-16-14-12-10-8-6-4-2;/h21-23H,3-20H2,1-2H3;. The normalized spacial score (nSPS) is 11.8. The van der Waals surface area contributed by atoms with Crippen LogP contribution in [-0.2, 0) is 31.1 Å². The third kappa shape index (κ3) is 20.1. The van der Waals surface area contributed by atoms with E-state index in [4.69, 9.17) is 0 Å².